The summed E-state index contributed by atoms with van der Waals surface area (Å²) >= 11 is 6.68. The second-order valence-corrected chi connectivity index (χ2v) is 4.70. The number of ether oxygens (including phenoxy) is 1. The molecule has 1 aromatic carbocycles. The Labute approximate surface area is 105 Å². The van der Waals surface area contributed by atoms with Gasteiger partial charge in [0.05, 0.1) is 0 Å². The van der Waals surface area contributed by atoms with Crippen molar-refractivity contribution in [3.8, 4) is 11.6 Å². The predicted octanol–water partition coefficient (Wildman–Crippen LogP) is 4.40. The predicted molar refractivity (Wildman–Crippen MR) is 66.2 cm³/mol. The minimum absolute atomic E-state index is 0.584. The highest BCUT2D eigenvalue weighted by molar-refractivity contribution is 9.10. The maximum atomic E-state index is 5.54. The highest BCUT2D eigenvalue weighted by atomic mass is 79.9. The van der Waals surface area contributed by atoms with Crippen molar-refractivity contribution in [1.29, 1.82) is 0 Å². The summed E-state index contributed by atoms with van der Waals surface area (Å²) in [6.45, 7) is 0. The minimum atomic E-state index is 0.584. The zero-order valence-corrected chi connectivity index (χ0v) is 10.8. The Morgan fingerprint density at radius 1 is 0.867 bits per heavy atom. The van der Waals surface area contributed by atoms with E-state index in [2.05, 4.69) is 36.8 Å². The first-order valence-corrected chi connectivity index (χ1v) is 5.87. The van der Waals surface area contributed by atoms with Gasteiger partial charge >= 0.3 is 0 Å². The lowest BCUT2D eigenvalue weighted by atomic mass is 10.3. The zero-order chi connectivity index (χ0) is 10.7. The molecule has 0 saturated heterocycles. The van der Waals surface area contributed by atoms with Crippen LogP contribution in [0.4, 0.5) is 0 Å². The Hall–Kier alpha value is -0.870. The van der Waals surface area contributed by atoms with Gasteiger partial charge < -0.3 is 4.74 Å². The molecule has 0 aliphatic carbocycles. The third-order valence-electron chi connectivity index (χ3n) is 1.74. The number of nitrogens with zero attached hydrogens (tertiary/aromatic N) is 1. The summed E-state index contributed by atoms with van der Waals surface area (Å²) in [6, 6.07) is 11.3. The fraction of sp³-hybridized carbons (Fsp3) is 0. The van der Waals surface area contributed by atoms with Crippen LogP contribution in [0.3, 0.4) is 0 Å². The Kier molecular flexibility index (Phi) is 3.38. The van der Waals surface area contributed by atoms with E-state index in [0.717, 1.165) is 14.7 Å². The smallest absolute Gasteiger partial charge is 0.219 e. The number of aromatic nitrogens is 1. The maximum Gasteiger partial charge on any atom is 0.219 e. The Morgan fingerprint density at radius 3 is 2.13 bits per heavy atom. The summed E-state index contributed by atoms with van der Waals surface area (Å²) in [5, 5.41) is 0. The van der Waals surface area contributed by atoms with Crippen LogP contribution >= 0.6 is 31.9 Å². The van der Waals surface area contributed by atoms with Crippen LogP contribution in [0.2, 0.25) is 0 Å². The van der Waals surface area contributed by atoms with Gasteiger partial charge in [0.25, 0.3) is 0 Å². The molecule has 0 amide bonds. The van der Waals surface area contributed by atoms with Crippen molar-refractivity contribution in [2.75, 3.05) is 0 Å². The number of hydrogen-bond donors (Lipinski definition) is 0. The lowest BCUT2D eigenvalue weighted by molar-refractivity contribution is 0.462. The first-order chi connectivity index (χ1) is 7.24. The van der Waals surface area contributed by atoms with Crippen LogP contribution in [0.15, 0.2) is 51.5 Å². The van der Waals surface area contributed by atoms with Crippen LogP contribution in [-0.4, -0.2) is 4.98 Å². The van der Waals surface area contributed by atoms with Crippen LogP contribution in [-0.2, 0) is 0 Å². The van der Waals surface area contributed by atoms with Gasteiger partial charge in [-0.05, 0) is 46.3 Å². The summed E-state index contributed by atoms with van der Waals surface area (Å²) in [5.74, 6) is 1.36. The summed E-state index contributed by atoms with van der Waals surface area (Å²) < 4.78 is 7.50. The van der Waals surface area contributed by atoms with Gasteiger partial charge in [-0.15, -0.1) is 0 Å². The van der Waals surface area contributed by atoms with E-state index in [1.807, 2.05) is 36.4 Å². The molecule has 0 bridgehead atoms. The van der Waals surface area contributed by atoms with Crippen LogP contribution in [0, 0.1) is 0 Å². The molecule has 4 heteroatoms. The van der Waals surface area contributed by atoms with Crippen molar-refractivity contribution >= 4 is 31.9 Å². The molecule has 0 atom stereocenters. The lowest BCUT2D eigenvalue weighted by Crippen LogP contribution is -1.86. The minimum Gasteiger partial charge on any atom is -0.439 e. The van der Waals surface area contributed by atoms with Gasteiger partial charge in [-0.2, -0.15) is 0 Å². The van der Waals surface area contributed by atoms with E-state index in [1.165, 1.54) is 0 Å². The molecular formula is C11H7Br2NO. The summed E-state index contributed by atoms with van der Waals surface area (Å²) in [5.41, 5.74) is 0. The van der Waals surface area contributed by atoms with Crippen molar-refractivity contribution in [1.82, 2.24) is 4.98 Å². The van der Waals surface area contributed by atoms with E-state index in [9.17, 15) is 0 Å². The zero-order valence-electron chi connectivity index (χ0n) is 7.65. The van der Waals surface area contributed by atoms with Crippen LogP contribution in [0.5, 0.6) is 11.6 Å². The van der Waals surface area contributed by atoms with E-state index in [1.54, 1.807) is 6.20 Å². The van der Waals surface area contributed by atoms with Crippen LogP contribution in [0.25, 0.3) is 0 Å². The molecule has 0 unspecified atom stereocenters. The highest BCUT2D eigenvalue weighted by Crippen LogP contribution is 2.22. The first-order valence-electron chi connectivity index (χ1n) is 4.29. The van der Waals surface area contributed by atoms with E-state index < -0.39 is 0 Å². The van der Waals surface area contributed by atoms with Gasteiger partial charge in [-0.25, -0.2) is 4.98 Å². The standard InChI is InChI=1S/C11H7Br2NO/c12-8-1-4-10(5-2-8)15-11-6-3-9(13)7-14-11/h1-7H. The van der Waals surface area contributed by atoms with Gasteiger partial charge in [0.1, 0.15) is 5.75 Å². The van der Waals surface area contributed by atoms with E-state index in [4.69, 9.17) is 4.74 Å². The molecule has 0 radical (unpaired) electrons. The quantitative estimate of drug-likeness (QED) is 0.815. The van der Waals surface area contributed by atoms with E-state index in [0.29, 0.717) is 5.88 Å². The molecule has 2 aromatic rings. The molecule has 2 rings (SSSR count). The second kappa shape index (κ2) is 4.77. The van der Waals surface area contributed by atoms with Gasteiger partial charge in [0.2, 0.25) is 5.88 Å². The third kappa shape index (κ3) is 3.04. The number of benzene rings is 1. The SMILES string of the molecule is Brc1ccc(Oc2ccc(Br)cn2)cc1. The second-order valence-electron chi connectivity index (χ2n) is 2.87. The lowest BCUT2D eigenvalue weighted by Gasteiger charge is -2.03. The number of hydrogen-bond acceptors (Lipinski definition) is 2. The maximum absolute atomic E-state index is 5.54. The molecule has 76 valence electrons. The third-order valence-corrected chi connectivity index (χ3v) is 2.73. The van der Waals surface area contributed by atoms with Crippen LogP contribution in [0.1, 0.15) is 0 Å². The molecule has 0 aliphatic heterocycles. The topological polar surface area (TPSA) is 22.1 Å². The normalized spacial score (nSPS) is 10.0. The molecule has 0 aliphatic rings. The van der Waals surface area contributed by atoms with Gasteiger partial charge in [-0.3, -0.25) is 0 Å². The number of halogens is 2. The summed E-state index contributed by atoms with van der Waals surface area (Å²) in [4.78, 5) is 4.12. The Bertz CT molecular complexity index is 396. The van der Waals surface area contributed by atoms with Crippen molar-refractivity contribution < 1.29 is 4.74 Å². The van der Waals surface area contributed by atoms with E-state index >= 15 is 0 Å². The largest absolute Gasteiger partial charge is 0.439 e. The average Bonchev–Trinajstić information content (AvgIpc) is 2.25. The summed E-state index contributed by atoms with van der Waals surface area (Å²) in [7, 11) is 0. The number of rotatable bonds is 2. The van der Waals surface area contributed by atoms with Crippen molar-refractivity contribution in [3.05, 3.63) is 51.5 Å². The number of pyridine rings is 1. The van der Waals surface area contributed by atoms with Gasteiger partial charge in [0, 0.05) is 21.2 Å². The Morgan fingerprint density at radius 2 is 1.53 bits per heavy atom. The molecule has 2 nitrogen and oxygen atoms in total. The monoisotopic (exact) mass is 327 g/mol. The average molecular weight is 329 g/mol. The fourth-order valence-electron chi connectivity index (χ4n) is 1.05. The van der Waals surface area contributed by atoms with Gasteiger partial charge in [0.15, 0.2) is 0 Å². The molecule has 0 saturated carbocycles. The molecule has 1 aromatic heterocycles. The van der Waals surface area contributed by atoms with Crippen molar-refractivity contribution in [2.45, 2.75) is 0 Å². The van der Waals surface area contributed by atoms with E-state index in [-0.39, 0.29) is 0 Å². The van der Waals surface area contributed by atoms with Crippen LogP contribution < -0.4 is 4.74 Å². The van der Waals surface area contributed by atoms with Crippen molar-refractivity contribution in [3.63, 3.8) is 0 Å². The highest BCUT2D eigenvalue weighted by Gasteiger charge is 1.97. The molecule has 0 N–H and O–H groups in total. The molecular weight excluding hydrogens is 322 g/mol. The molecule has 0 spiro atoms. The molecule has 15 heavy (non-hydrogen) atoms. The summed E-state index contributed by atoms with van der Waals surface area (Å²) in [6.07, 6.45) is 1.70. The van der Waals surface area contributed by atoms with Gasteiger partial charge in [-0.1, -0.05) is 15.9 Å². The Balaban J connectivity index is 2.15. The molecule has 1 heterocycles. The van der Waals surface area contributed by atoms with Crippen molar-refractivity contribution in [2.24, 2.45) is 0 Å². The molecule has 0 fully saturated rings. The first kappa shape index (κ1) is 10.6. The fourth-order valence-corrected chi connectivity index (χ4v) is 1.54.